The second-order valence-corrected chi connectivity index (χ2v) is 7.25. The highest BCUT2D eigenvalue weighted by Crippen LogP contribution is 2.40. The van der Waals surface area contributed by atoms with Gasteiger partial charge in [-0.3, -0.25) is 4.79 Å². The summed E-state index contributed by atoms with van der Waals surface area (Å²) in [5, 5.41) is 2.22. The molecule has 6 heteroatoms. The monoisotopic (exact) mass is 349 g/mol. The minimum absolute atomic E-state index is 0.155. The molecule has 1 aromatic carbocycles. The summed E-state index contributed by atoms with van der Waals surface area (Å²) in [4.78, 5) is 15.4. The minimum atomic E-state index is 0.155. The molecule has 0 bridgehead atoms. The standard InChI is InChI=1S/C17H19NO3S2/c1-20-13-6-5-12(10-14(13)21-2)7-8-18-16(19)11-23-17(18)15-4-3-9-22-15/h3-6,9-10,17H,7-8,11H2,1-2H3/t17-/m0/s1. The maximum atomic E-state index is 12.2. The number of ether oxygens (including phenoxy) is 2. The molecule has 1 amide bonds. The Kier molecular flexibility index (Phi) is 5.13. The number of carbonyl (C=O) groups is 1. The quantitative estimate of drug-likeness (QED) is 0.799. The Bertz CT molecular complexity index is 672. The summed E-state index contributed by atoms with van der Waals surface area (Å²) in [5.74, 6) is 2.23. The predicted molar refractivity (Wildman–Crippen MR) is 94.5 cm³/mol. The van der Waals surface area contributed by atoms with Crippen molar-refractivity contribution >= 4 is 29.0 Å². The van der Waals surface area contributed by atoms with Crippen LogP contribution in [0.5, 0.6) is 11.5 Å². The summed E-state index contributed by atoms with van der Waals surface area (Å²) in [6, 6.07) is 10.0. The van der Waals surface area contributed by atoms with E-state index in [4.69, 9.17) is 9.47 Å². The molecule has 3 rings (SSSR count). The predicted octanol–water partition coefficient (Wildman–Crippen LogP) is 3.58. The molecule has 1 aromatic heterocycles. The fraction of sp³-hybridized carbons (Fsp3) is 0.353. The molecule has 1 aliphatic rings. The van der Waals surface area contributed by atoms with E-state index in [-0.39, 0.29) is 11.3 Å². The molecule has 0 radical (unpaired) electrons. The zero-order valence-electron chi connectivity index (χ0n) is 13.2. The van der Waals surface area contributed by atoms with Crippen molar-refractivity contribution in [2.24, 2.45) is 0 Å². The maximum absolute atomic E-state index is 12.2. The van der Waals surface area contributed by atoms with Crippen LogP contribution in [0, 0.1) is 0 Å². The van der Waals surface area contributed by atoms with Crippen LogP contribution < -0.4 is 9.47 Å². The van der Waals surface area contributed by atoms with Crippen LogP contribution in [0.3, 0.4) is 0 Å². The van der Waals surface area contributed by atoms with Gasteiger partial charge in [0.2, 0.25) is 5.91 Å². The van der Waals surface area contributed by atoms with Gasteiger partial charge in [0.1, 0.15) is 5.37 Å². The Labute approximate surface area is 144 Å². The molecule has 0 unspecified atom stereocenters. The molecule has 23 heavy (non-hydrogen) atoms. The van der Waals surface area contributed by atoms with E-state index in [0.717, 1.165) is 23.5 Å². The second-order valence-electron chi connectivity index (χ2n) is 5.21. The second kappa shape index (κ2) is 7.27. The van der Waals surface area contributed by atoms with Gasteiger partial charge >= 0.3 is 0 Å². The summed E-state index contributed by atoms with van der Waals surface area (Å²) in [6.07, 6.45) is 0.800. The summed E-state index contributed by atoms with van der Waals surface area (Å²) < 4.78 is 10.6. The van der Waals surface area contributed by atoms with Crippen LogP contribution in [0.2, 0.25) is 0 Å². The summed E-state index contributed by atoms with van der Waals surface area (Å²) in [6.45, 7) is 0.712. The highest BCUT2D eigenvalue weighted by molar-refractivity contribution is 8.00. The van der Waals surface area contributed by atoms with E-state index < -0.39 is 0 Å². The highest BCUT2D eigenvalue weighted by Gasteiger charge is 2.32. The van der Waals surface area contributed by atoms with Gasteiger partial charge in [0.25, 0.3) is 0 Å². The lowest BCUT2D eigenvalue weighted by Crippen LogP contribution is -2.30. The van der Waals surface area contributed by atoms with Crippen molar-refractivity contribution in [3.63, 3.8) is 0 Å². The van der Waals surface area contributed by atoms with Crippen LogP contribution in [0.25, 0.3) is 0 Å². The molecule has 4 nitrogen and oxygen atoms in total. The van der Waals surface area contributed by atoms with Crippen molar-refractivity contribution in [1.82, 2.24) is 4.90 Å². The van der Waals surface area contributed by atoms with Crippen molar-refractivity contribution in [1.29, 1.82) is 0 Å². The van der Waals surface area contributed by atoms with Crippen molar-refractivity contribution in [2.45, 2.75) is 11.8 Å². The molecule has 1 atom stereocenters. The van der Waals surface area contributed by atoms with Crippen LogP contribution in [0.15, 0.2) is 35.7 Å². The number of thioether (sulfide) groups is 1. The number of carbonyl (C=O) groups excluding carboxylic acids is 1. The van der Waals surface area contributed by atoms with E-state index in [0.29, 0.717) is 12.3 Å². The first kappa shape index (κ1) is 16.2. The van der Waals surface area contributed by atoms with Crippen LogP contribution in [0.4, 0.5) is 0 Å². The van der Waals surface area contributed by atoms with E-state index >= 15 is 0 Å². The highest BCUT2D eigenvalue weighted by atomic mass is 32.2. The lowest BCUT2D eigenvalue weighted by Gasteiger charge is -2.23. The minimum Gasteiger partial charge on any atom is -0.493 e. The number of benzene rings is 1. The first-order valence-electron chi connectivity index (χ1n) is 7.38. The first-order chi connectivity index (χ1) is 11.2. The third kappa shape index (κ3) is 3.48. The third-order valence-electron chi connectivity index (χ3n) is 3.84. The number of nitrogens with zero attached hydrogens (tertiary/aromatic N) is 1. The Morgan fingerprint density at radius 3 is 2.74 bits per heavy atom. The van der Waals surface area contributed by atoms with Gasteiger partial charge in [-0.2, -0.15) is 0 Å². The van der Waals surface area contributed by atoms with Gasteiger partial charge in [0.05, 0.1) is 20.0 Å². The molecular formula is C17H19NO3S2. The topological polar surface area (TPSA) is 38.8 Å². The third-order valence-corrected chi connectivity index (χ3v) is 6.16. The van der Waals surface area contributed by atoms with Gasteiger partial charge in [0, 0.05) is 11.4 Å². The molecule has 1 aliphatic heterocycles. The van der Waals surface area contributed by atoms with Crippen molar-refractivity contribution in [3.8, 4) is 11.5 Å². The van der Waals surface area contributed by atoms with Gasteiger partial charge in [0.15, 0.2) is 11.5 Å². The number of hydrogen-bond acceptors (Lipinski definition) is 5. The normalized spacial score (nSPS) is 17.6. The Morgan fingerprint density at radius 1 is 1.22 bits per heavy atom. The van der Waals surface area contributed by atoms with Crippen LogP contribution in [-0.2, 0) is 11.2 Å². The summed E-state index contributed by atoms with van der Waals surface area (Å²) in [7, 11) is 3.26. The smallest absolute Gasteiger partial charge is 0.233 e. The Hall–Kier alpha value is -1.66. The number of methoxy groups -OCH3 is 2. The number of thiophene rings is 1. The van der Waals surface area contributed by atoms with E-state index in [1.54, 1.807) is 37.3 Å². The zero-order valence-corrected chi connectivity index (χ0v) is 14.8. The largest absolute Gasteiger partial charge is 0.493 e. The summed E-state index contributed by atoms with van der Waals surface area (Å²) >= 11 is 3.41. The van der Waals surface area contributed by atoms with E-state index in [1.165, 1.54) is 4.88 Å². The fourth-order valence-corrected chi connectivity index (χ4v) is 4.85. The van der Waals surface area contributed by atoms with E-state index in [9.17, 15) is 4.79 Å². The number of hydrogen-bond donors (Lipinski definition) is 0. The van der Waals surface area contributed by atoms with Crippen molar-refractivity contribution in [3.05, 3.63) is 46.2 Å². The molecular weight excluding hydrogens is 330 g/mol. The summed E-state index contributed by atoms with van der Waals surface area (Å²) in [5.41, 5.74) is 1.14. The van der Waals surface area contributed by atoms with Crippen LogP contribution in [-0.4, -0.2) is 37.3 Å². The maximum Gasteiger partial charge on any atom is 0.233 e. The van der Waals surface area contributed by atoms with Crippen molar-refractivity contribution < 1.29 is 14.3 Å². The van der Waals surface area contributed by atoms with Gasteiger partial charge in [-0.1, -0.05) is 12.1 Å². The molecule has 2 aromatic rings. The molecule has 0 spiro atoms. The van der Waals surface area contributed by atoms with Crippen LogP contribution in [0.1, 0.15) is 15.8 Å². The molecule has 1 saturated heterocycles. The van der Waals surface area contributed by atoms with Gasteiger partial charge in [-0.25, -0.2) is 0 Å². The molecule has 122 valence electrons. The average molecular weight is 349 g/mol. The first-order valence-corrected chi connectivity index (χ1v) is 9.31. The van der Waals surface area contributed by atoms with Gasteiger partial charge in [-0.05, 0) is 35.6 Å². The SMILES string of the molecule is COc1ccc(CCN2C(=O)CS[C@H]2c2cccs2)cc1OC. The van der Waals surface area contributed by atoms with Gasteiger partial charge < -0.3 is 14.4 Å². The number of rotatable bonds is 6. The average Bonchev–Trinajstić information content (AvgIpc) is 3.22. The lowest BCUT2D eigenvalue weighted by atomic mass is 10.1. The fourth-order valence-electron chi connectivity index (χ4n) is 2.65. The lowest BCUT2D eigenvalue weighted by molar-refractivity contribution is -0.127. The van der Waals surface area contributed by atoms with Crippen molar-refractivity contribution in [2.75, 3.05) is 26.5 Å². The number of amides is 1. The van der Waals surface area contributed by atoms with E-state index in [1.807, 2.05) is 29.2 Å². The Morgan fingerprint density at radius 2 is 2.04 bits per heavy atom. The molecule has 0 saturated carbocycles. The van der Waals surface area contributed by atoms with Crippen LogP contribution >= 0.6 is 23.1 Å². The molecule has 2 heterocycles. The van der Waals surface area contributed by atoms with E-state index in [2.05, 4.69) is 11.4 Å². The Balaban J connectivity index is 1.70. The molecule has 1 fully saturated rings. The van der Waals surface area contributed by atoms with Gasteiger partial charge in [-0.15, -0.1) is 23.1 Å². The molecule has 0 aliphatic carbocycles. The zero-order chi connectivity index (χ0) is 16.2. The molecule has 0 N–H and O–H groups in total.